The summed E-state index contributed by atoms with van der Waals surface area (Å²) in [6.45, 7) is 2.63. The fourth-order valence-electron chi connectivity index (χ4n) is 2.52. The summed E-state index contributed by atoms with van der Waals surface area (Å²) >= 11 is 0. The smallest absolute Gasteiger partial charge is 0.310 e. The number of carboxylic acid groups (broad SMARTS) is 1. The Morgan fingerprint density at radius 1 is 1.09 bits per heavy atom. The van der Waals surface area contributed by atoms with Crippen molar-refractivity contribution in [3.8, 4) is 5.75 Å². The van der Waals surface area contributed by atoms with Crippen LogP contribution in [0, 0.1) is 0 Å². The van der Waals surface area contributed by atoms with E-state index in [0.29, 0.717) is 19.4 Å². The Bertz CT molecular complexity index is 593. The summed E-state index contributed by atoms with van der Waals surface area (Å²) in [6, 6.07) is 17.4. The van der Waals surface area contributed by atoms with Gasteiger partial charge >= 0.3 is 5.97 Å². The van der Waals surface area contributed by atoms with E-state index in [2.05, 4.69) is 13.0 Å². The molecule has 0 aliphatic carbocycles. The first-order valence-electron chi connectivity index (χ1n) is 7.70. The van der Waals surface area contributed by atoms with Gasteiger partial charge in [0.25, 0.3) is 0 Å². The monoisotopic (exact) mass is 298 g/mol. The molecule has 0 aliphatic heterocycles. The Hall–Kier alpha value is -2.29. The van der Waals surface area contributed by atoms with E-state index in [1.807, 2.05) is 48.5 Å². The molecule has 2 rings (SSSR count). The Morgan fingerprint density at radius 2 is 1.77 bits per heavy atom. The van der Waals surface area contributed by atoms with Gasteiger partial charge in [0.1, 0.15) is 5.75 Å². The van der Waals surface area contributed by atoms with Crippen LogP contribution in [0.1, 0.15) is 36.8 Å². The molecular formula is C19H22O3. The fraction of sp³-hybridized carbons (Fsp3) is 0.316. The molecule has 0 radical (unpaired) electrons. The van der Waals surface area contributed by atoms with Crippen molar-refractivity contribution < 1.29 is 14.6 Å². The Morgan fingerprint density at radius 3 is 2.45 bits per heavy atom. The normalized spacial score (nSPS) is 11.9. The number of rotatable bonds is 8. The molecule has 0 spiro atoms. The highest BCUT2D eigenvalue weighted by Crippen LogP contribution is 2.23. The van der Waals surface area contributed by atoms with Crippen LogP contribution < -0.4 is 4.74 Å². The average molecular weight is 298 g/mol. The van der Waals surface area contributed by atoms with Crippen LogP contribution in [-0.4, -0.2) is 17.7 Å². The predicted octanol–water partition coefficient (Wildman–Crippen LogP) is 4.28. The molecule has 3 heteroatoms. The van der Waals surface area contributed by atoms with Gasteiger partial charge in [0, 0.05) is 0 Å². The highest BCUT2D eigenvalue weighted by Gasteiger charge is 2.18. The van der Waals surface area contributed by atoms with Crippen molar-refractivity contribution in [2.75, 3.05) is 6.61 Å². The Balaban J connectivity index is 1.88. The third-order valence-electron chi connectivity index (χ3n) is 3.75. The molecule has 1 N–H and O–H groups in total. The zero-order valence-electron chi connectivity index (χ0n) is 12.9. The summed E-state index contributed by atoms with van der Waals surface area (Å²) in [5, 5.41) is 9.38. The highest BCUT2D eigenvalue weighted by molar-refractivity contribution is 5.75. The highest BCUT2D eigenvalue weighted by atomic mass is 16.5. The molecule has 116 valence electrons. The van der Waals surface area contributed by atoms with Crippen LogP contribution in [0.4, 0.5) is 0 Å². The van der Waals surface area contributed by atoms with Crippen LogP contribution in [0.3, 0.4) is 0 Å². The van der Waals surface area contributed by atoms with E-state index >= 15 is 0 Å². The van der Waals surface area contributed by atoms with E-state index in [4.69, 9.17) is 4.74 Å². The maximum atomic E-state index is 11.4. The molecule has 0 aromatic heterocycles. The second-order valence-electron chi connectivity index (χ2n) is 5.25. The molecule has 0 bridgehead atoms. The fourth-order valence-corrected chi connectivity index (χ4v) is 2.52. The van der Waals surface area contributed by atoms with Crippen molar-refractivity contribution in [2.45, 2.75) is 32.1 Å². The largest absolute Gasteiger partial charge is 0.493 e. The molecular weight excluding hydrogens is 276 g/mol. The van der Waals surface area contributed by atoms with Crippen molar-refractivity contribution >= 4 is 5.97 Å². The predicted molar refractivity (Wildman–Crippen MR) is 87.4 cm³/mol. The van der Waals surface area contributed by atoms with Gasteiger partial charge in [0.05, 0.1) is 12.5 Å². The molecule has 2 aromatic carbocycles. The van der Waals surface area contributed by atoms with Gasteiger partial charge in [-0.3, -0.25) is 4.79 Å². The third kappa shape index (κ3) is 4.35. The van der Waals surface area contributed by atoms with Crippen molar-refractivity contribution in [3.05, 3.63) is 65.7 Å². The van der Waals surface area contributed by atoms with E-state index < -0.39 is 11.9 Å². The second-order valence-corrected chi connectivity index (χ2v) is 5.25. The number of para-hydroxylation sites is 1. The number of hydrogen-bond acceptors (Lipinski definition) is 2. The summed E-state index contributed by atoms with van der Waals surface area (Å²) in [6.07, 6.45) is 2.22. The quantitative estimate of drug-likeness (QED) is 0.740. The number of aryl methyl sites for hydroxylation is 1. The van der Waals surface area contributed by atoms with Crippen molar-refractivity contribution in [1.29, 1.82) is 0 Å². The molecule has 0 amide bonds. The lowest BCUT2D eigenvalue weighted by atomic mass is 9.94. The maximum Gasteiger partial charge on any atom is 0.310 e. The Kier molecular flexibility index (Phi) is 6.01. The zero-order valence-corrected chi connectivity index (χ0v) is 12.9. The average Bonchev–Trinajstić information content (AvgIpc) is 2.55. The molecule has 1 unspecified atom stereocenters. The summed E-state index contributed by atoms with van der Waals surface area (Å²) in [5.74, 6) is -0.344. The van der Waals surface area contributed by atoms with Gasteiger partial charge in [-0.15, -0.1) is 0 Å². The lowest BCUT2D eigenvalue weighted by molar-refractivity contribution is -0.139. The molecule has 0 saturated carbocycles. The number of aliphatic carboxylic acids is 1. The molecule has 0 aliphatic rings. The van der Waals surface area contributed by atoms with Gasteiger partial charge in [-0.25, -0.2) is 0 Å². The van der Waals surface area contributed by atoms with Gasteiger partial charge in [-0.05, 0) is 36.5 Å². The number of benzene rings is 2. The lowest BCUT2D eigenvalue weighted by Gasteiger charge is -2.14. The molecule has 3 nitrogen and oxygen atoms in total. The van der Waals surface area contributed by atoms with Crippen molar-refractivity contribution in [1.82, 2.24) is 0 Å². The minimum Gasteiger partial charge on any atom is -0.493 e. The van der Waals surface area contributed by atoms with Gasteiger partial charge in [-0.2, -0.15) is 0 Å². The van der Waals surface area contributed by atoms with Crippen LogP contribution in [-0.2, 0) is 11.2 Å². The zero-order chi connectivity index (χ0) is 15.8. The maximum absolute atomic E-state index is 11.4. The summed E-state index contributed by atoms with van der Waals surface area (Å²) in [7, 11) is 0. The first-order valence-corrected chi connectivity index (χ1v) is 7.70. The molecule has 1 atom stereocenters. The number of carbonyl (C=O) groups is 1. The number of carboxylic acids is 1. The van der Waals surface area contributed by atoms with Crippen molar-refractivity contribution in [3.63, 3.8) is 0 Å². The molecule has 0 fully saturated rings. The van der Waals surface area contributed by atoms with Crippen LogP contribution in [0.15, 0.2) is 54.6 Å². The SMILES string of the molecule is CCc1ccccc1OCCCC(C(=O)O)c1ccccc1. The van der Waals surface area contributed by atoms with Gasteiger partial charge in [0.15, 0.2) is 0 Å². The van der Waals surface area contributed by atoms with Crippen LogP contribution in [0.5, 0.6) is 5.75 Å². The molecule has 22 heavy (non-hydrogen) atoms. The first kappa shape index (κ1) is 16.1. The molecule has 0 heterocycles. The lowest BCUT2D eigenvalue weighted by Crippen LogP contribution is -2.13. The van der Waals surface area contributed by atoms with Crippen LogP contribution in [0.25, 0.3) is 0 Å². The van der Waals surface area contributed by atoms with E-state index in [1.165, 1.54) is 5.56 Å². The van der Waals surface area contributed by atoms with E-state index in [0.717, 1.165) is 17.7 Å². The van der Waals surface area contributed by atoms with Gasteiger partial charge < -0.3 is 9.84 Å². The first-order chi connectivity index (χ1) is 10.7. The van der Waals surface area contributed by atoms with Crippen LogP contribution in [0.2, 0.25) is 0 Å². The summed E-state index contributed by atoms with van der Waals surface area (Å²) in [5.41, 5.74) is 2.03. The third-order valence-corrected chi connectivity index (χ3v) is 3.75. The second kappa shape index (κ2) is 8.23. The van der Waals surface area contributed by atoms with Crippen LogP contribution >= 0.6 is 0 Å². The number of hydrogen-bond donors (Lipinski definition) is 1. The Labute approximate surface area is 131 Å². The number of ether oxygens (including phenoxy) is 1. The van der Waals surface area contributed by atoms with Gasteiger partial charge in [0.2, 0.25) is 0 Å². The summed E-state index contributed by atoms with van der Waals surface area (Å²) < 4.78 is 5.80. The topological polar surface area (TPSA) is 46.5 Å². The van der Waals surface area contributed by atoms with E-state index in [-0.39, 0.29) is 0 Å². The minimum atomic E-state index is -0.778. The van der Waals surface area contributed by atoms with E-state index in [1.54, 1.807) is 0 Å². The molecule has 0 saturated heterocycles. The molecule has 2 aromatic rings. The standard InChI is InChI=1S/C19H22O3/c1-2-15-9-6-7-13-18(15)22-14-8-12-17(19(20)21)16-10-4-3-5-11-16/h3-7,9-11,13,17H,2,8,12,14H2,1H3,(H,20,21). The van der Waals surface area contributed by atoms with Gasteiger partial charge in [-0.1, -0.05) is 55.5 Å². The van der Waals surface area contributed by atoms with Crippen molar-refractivity contribution in [2.24, 2.45) is 0 Å². The minimum absolute atomic E-state index is 0.466. The van der Waals surface area contributed by atoms with E-state index in [9.17, 15) is 9.90 Å². The summed E-state index contributed by atoms with van der Waals surface area (Å²) in [4.78, 5) is 11.4.